The van der Waals surface area contributed by atoms with Crippen molar-refractivity contribution >= 4 is 11.9 Å². The molecular weight excluding hydrogens is 176 g/mol. The van der Waals surface area contributed by atoms with Gasteiger partial charge in [0.15, 0.2) is 6.10 Å². The van der Waals surface area contributed by atoms with Gasteiger partial charge in [0, 0.05) is 6.42 Å². The Morgan fingerprint density at radius 1 is 1.31 bits per heavy atom. The third-order valence-corrected chi connectivity index (χ3v) is 2.07. The number of hydrogen-bond donors (Lipinski definition) is 0. The molecule has 13 heavy (non-hydrogen) atoms. The average molecular weight is 186 g/mol. The van der Waals surface area contributed by atoms with Crippen molar-refractivity contribution in [3.05, 3.63) is 0 Å². The van der Waals surface area contributed by atoms with Gasteiger partial charge < -0.3 is 14.2 Å². The lowest BCUT2D eigenvalue weighted by Crippen LogP contribution is -2.26. The molecule has 0 aliphatic carbocycles. The van der Waals surface area contributed by atoms with E-state index in [9.17, 15) is 9.59 Å². The van der Waals surface area contributed by atoms with Gasteiger partial charge in [-0.05, 0) is 0 Å². The van der Waals surface area contributed by atoms with E-state index in [0.717, 1.165) is 0 Å². The van der Waals surface area contributed by atoms with Gasteiger partial charge >= 0.3 is 11.9 Å². The van der Waals surface area contributed by atoms with E-state index in [-0.39, 0.29) is 31.1 Å². The Morgan fingerprint density at radius 2 is 2.15 bits per heavy atom. The molecule has 2 fully saturated rings. The SMILES string of the molecule is O=C1CC(OC2CCOC2=O)CO1. The van der Waals surface area contributed by atoms with Gasteiger partial charge in [0.1, 0.15) is 12.7 Å². The van der Waals surface area contributed by atoms with Gasteiger partial charge in [0.25, 0.3) is 0 Å². The Hall–Kier alpha value is -1.10. The van der Waals surface area contributed by atoms with Gasteiger partial charge in [-0.1, -0.05) is 0 Å². The Labute approximate surface area is 74.9 Å². The van der Waals surface area contributed by atoms with Gasteiger partial charge in [0.05, 0.1) is 13.0 Å². The molecule has 5 heteroatoms. The summed E-state index contributed by atoms with van der Waals surface area (Å²) in [6, 6.07) is 0. The number of cyclic esters (lactones) is 2. The first-order valence-corrected chi connectivity index (χ1v) is 4.23. The summed E-state index contributed by atoms with van der Waals surface area (Å²) in [5, 5.41) is 0. The standard InChI is InChI=1S/C8H10O5/c9-7-3-5(4-12-7)13-6-1-2-11-8(6)10/h5-6H,1-4H2. The smallest absolute Gasteiger partial charge is 0.335 e. The molecule has 0 N–H and O–H groups in total. The third-order valence-electron chi connectivity index (χ3n) is 2.07. The molecule has 2 atom stereocenters. The van der Waals surface area contributed by atoms with Crippen LogP contribution in [-0.4, -0.2) is 37.4 Å². The summed E-state index contributed by atoms with van der Waals surface area (Å²) in [4.78, 5) is 21.7. The maximum atomic E-state index is 11.0. The molecule has 0 radical (unpaired) electrons. The normalized spacial score (nSPS) is 33.2. The van der Waals surface area contributed by atoms with Crippen LogP contribution < -0.4 is 0 Å². The van der Waals surface area contributed by atoms with Crippen LogP contribution in [0.2, 0.25) is 0 Å². The molecule has 0 aromatic rings. The van der Waals surface area contributed by atoms with Crippen molar-refractivity contribution in [3.63, 3.8) is 0 Å². The van der Waals surface area contributed by atoms with Crippen molar-refractivity contribution in [1.82, 2.24) is 0 Å². The Morgan fingerprint density at radius 3 is 2.69 bits per heavy atom. The highest BCUT2D eigenvalue weighted by Crippen LogP contribution is 2.17. The monoisotopic (exact) mass is 186 g/mol. The number of carbonyl (C=O) groups excluding carboxylic acids is 2. The van der Waals surface area contributed by atoms with E-state index in [0.29, 0.717) is 13.0 Å². The summed E-state index contributed by atoms with van der Waals surface area (Å²) in [6.07, 6.45) is 0.0375. The highest BCUT2D eigenvalue weighted by atomic mass is 16.6. The Kier molecular flexibility index (Phi) is 2.18. The van der Waals surface area contributed by atoms with Crippen LogP contribution in [0.3, 0.4) is 0 Å². The summed E-state index contributed by atoms with van der Waals surface area (Å²) < 4.78 is 14.7. The molecule has 0 bridgehead atoms. The van der Waals surface area contributed by atoms with Crippen LogP contribution in [0.5, 0.6) is 0 Å². The molecule has 2 saturated heterocycles. The van der Waals surface area contributed by atoms with Crippen LogP contribution in [-0.2, 0) is 23.8 Å². The summed E-state index contributed by atoms with van der Waals surface area (Å²) >= 11 is 0. The van der Waals surface area contributed by atoms with E-state index in [4.69, 9.17) is 14.2 Å². The molecule has 0 saturated carbocycles. The molecule has 0 aromatic carbocycles. The number of rotatable bonds is 2. The molecule has 0 aromatic heterocycles. The first-order valence-electron chi connectivity index (χ1n) is 4.23. The van der Waals surface area contributed by atoms with Crippen molar-refractivity contribution in [2.45, 2.75) is 25.0 Å². The fourth-order valence-corrected chi connectivity index (χ4v) is 1.41. The molecule has 0 amide bonds. The second kappa shape index (κ2) is 3.33. The van der Waals surface area contributed by atoms with Crippen molar-refractivity contribution in [1.29, 1.82) is 0 Å². The first-order chi connectivity index (χ1) is 6.25. The molecule has 2 aliphatic heterocycles. The lowest BCUT2D eigenvalue weighted by Gasteiger charge is -2.11. The maximum absolute atomic E-state index is 11.0. The number of carbonyl (C=O) groups is 2. The molecule has 2 unspecified atom stereocenters. The zero-order valence-electron chi connectivity index (χ0n) is 7.02. The lowest BCUT2D eigenvalue weighted by molar-refractivity contribution is -0.150. The molecule has 2 aliphatic rings. The Balaban J connectivity index is 1.84. The number of ether oxygens (including phenoxy) is 3. The van der Waals surface area contributed by atoms with Crippen LogP contribution in [0.15, 0.2) is 0 Å². The van der Waals surface area contributed by atoms with Crippen LogP contribution in [0.25, 0.3) is 0 Å². The largest absolute Gasteiger partial charge is 0.464 e. The summed E-state index contributed by atoms with van der Waals surface area (Å²) in [7, 11) is 0. The quantitative estimate of drug-likeness (QED) is 0.551. The molecule has 2 heterocycles. The van der Waals surface area contributed by atoms with E-state index in [1.807, 2.05) is 0 Å². The zero-order valence-corrected chi connectivity index (χ0v) is 7.02. The lowest BCUT2D eigenvalue weighted by atomic mass is 10.2. The molecule has 72 valence electrons. The summed E-state index contributed by atoms with van der Waals surface area (Å²) in [5.74, 6) is -0.601. The zero-order chi connectivity index (χ0) is 9.26. The summed E-state index contributed by atoms with van der Waals surface area (Å²) in [5.41, 5.74) is 0. The van der Waals surface area contributed by atoms with E-state index in [1.54, 1.807) is 0 Å². The number of esters is 2. The van der Waals surface area contributed by atoms with Gasteiger partial charge in [-0.3, -0.25) is 4.79 Å². The van der Waals surface area contributed by atoms with Crippen molar-refractivity contribution in [2.75, 3.05) is 13.2 Å². The van der Waals surface area contributed by atoms with E-state index < -0.39 is 6.10 Å². The van der Waals surface area contributed by atoms with Crippen LogP contribution >= 0.6 is 0 Å². The van der Waals surface area contributed by atoms with Crippen LogP contribution in [0, 0.1) is 0 Å². The fourth-order valence-electron chi connectivity index (χ4n) is 1.41. The van der Waals surface area contributed by atoms with E-state index >= 15 is 0 Å². The third kappa shape index (κ3) is 1.80. The first kappa shape index (κ1) is 8.50. The molecule has 0 spiro atoms. The molecular formula is C8H10O5. The van der Waals surface area contributed by atoms with Crippen LogP contribution in [0.1, 0.15) is 12.8 Å². The van der Waals surface area contributed by atoms with Gasteiger partial charge in [-0.25, -0.2) is 4.79 Å². The highest BCUT2D eigenvalue weighted by molar-refractivity contribution is 5.76. The van der Waals surface area contributed by atoms with Gasteiger partial charge in [0.2, 0.25) is 0 Å². The Bertz CT molecular complexity index is 237. The fraction of sp³-hybridized carbons (Fsp3) is 0.750. The minimum Gasteiger partial charge on any atom is -0.464 e. The summed E-state index contributed by atoms with van der Waals surface area (Å²) in [6.45, 7) is 0.660. The second-order valence-corrected chi connectivity index (χ2v) is 3.09. The average Bonchev–Trinajstić information content (AvgIpc) is 2.64. The van der Waals surface area contributed by atoms with Crippen molar-refractivity contribution in [3.8, 4) is 0 Å². The highest BCUT2D eigenvalue weighted by Gasteiger charge is 2.33. The second-order valence-electron chi connectivity index (χ2n) is 3.09. The van der Waals surface area contributed by atoms with Crippen molar-refractivity contribution in [2.24, 2.45) is 0 Å². The van der Waals surface area contributed by atoms with E-state index in [1.165, 1.54) is 0 Å². The molecule has 5 nitrogen and oxygen atoms in total. The van der Waals surface area contributed by atoms with E-state index in [2.05, 4.69) is 0 Å². The predicted molar refractivity (Wildman–Crippen MR) is 39.8 cm³/mol. The number of hydrogen-bond acceptors (Lipinski definition) is 5. The molecule has 2 rings (SSSR count). The van der Waals surface area contributed by atoms with Crippen LogP contribution in [0.4, 0.5) is 0 Å². The minimum absolute atomic E-state index is 0.240. The maximum Gasteiger partial charge on any atom is 0.335 e. The predicted octanol–water partition coefficient (Wildman–Crippen LogP) is -0.366. The minimum atomic E-state index is -0.500. The van der Waals surface area contributed by atoms with Crippen molar-refractivity contribution < 1.29 is 23.8 Å². The van der Waals surface area contributed by atoms with Gasteiger partial charge in [-0.15, -0.1) is 0 Å². The van der Waals surface area contributed by atoms with Gasteiger partial charge in [-0.2, -0.15) is 0 Å². The topological polar surface area (TPSA) is 61.8 Å².